The molecule has 0 saturated carbocycles. The highest BCUT2D eigenvalue weighted by Gasteiger charge is 2.07. The van der Waals surface area contributed by atoms with Crippen LogP contribution in [0.1, 0.15) is 25.3 Å². The van der Waals surface area contributed by atoms with Gasteiger partial charge in [-0.2, -0.15) is 0 Å². The third-order valence-corrected chi connectivity index (χ3v) is 2.50. The van der Waals surface area contributed by atoms with E-state index in [1.54, 1.807) is 12.1 Å². The number of nitrogens with zero attached hydrogens (tertiary/aromatic N) is 1. The van der Waals surface area contributed by atoms with Gasteiger partial charge in [0.25, 0.3) is 0 Å². The Bertz CT molecular complexity index is 465. The Morgan fingerprint density at radius 3 is 2.93 bits per heavy atom. The van der Waals surface area contributed by atoms with Gasteiger partial charge in [0.15, 0.2) is 0 Å². The van der Waals surface area contributed by atoms with Gasteiger partial charge in [0.1, 0.15) is 5.82 Å². The first kappa shape index (κ1) is 10.1. The van der Waals surface area contributed by atoms with E-state index in [0.29, 0.717) is 16.5 Å². The molecular weight excluding hydrogens is 189 g/mol. The molecule has 0 fully saturated rings. The largest absolute Gasteiger partial charge is 0.246 e. The van der Waals surface area contributed by atoms with E-state index < -0.39 is 0 Å². The third-order valence-electron chi connectivity index (χ3n) is 2.50. The maximum absolute atomic E-state index is 13.9. The predicted octanol–water partition coefficient (Wildman–Crippen LogP) is 3.52. The molecule has 1 aromatic heterocycles. The van der Waals surface area contributed by atoms with Crippen LogP contribution >= 0.6 is 0 Å². The minimum atomic E-state index is -0.158. The fraction of sp³-hybridized carbons (Fsp3) is 0.308. The molecule has 0 unspecified atom stereocenters. The summed E-state index contributed by atoms with van der Waals surface area (Å²) in [5.41, 5.74) is 1.28. The number of unbranched alkanes of at least 4 members (excludes halogenated alkanes) is 1. The highest BCUT2D eigenvalue weighted by atomic mass is 19.1. The molecular formula is C13H13FN. The molecule has 2 rings (SSSR count). The van der Waals surface area contributed by atoms with E-state index in [1.807, 2.05) is 12.1 Å². The van der Waals surface area contributed by atoms with Gasteiger partial charge in [-0.3, -0.25) is 0 Å². The maximum Gasteiger partial charge on any atom is 0.138 e. The van der Waals surface area contributed by atoms with Crippen molar-refractivity contribution in [2.45, 2.75) is 26.2 Å². The van der Waals surface area contributed by atoms with Crippen molar-refractivity contribution in [1.29, 1.82) is 0 Å². The Labute approximate surface area is 89.0 Å². The van der Waals surface area contributed by atoms with Crippen molar-refractivity contribution in [3.63, 3.8) is 0 Å². The summed E-state index contributed by atoms with van der Waals surface area (Å²) in [6, 6.07) is 7.25. The van der Waals surface area contributed by atoms with Crippen LogP contribution in [0.5, 0.6) is 0 Å². The fourth-order valence-corrected chi connectivity index (χ4v) is 1.62. The first-order valence-electron chi connectivity index (χ1n) is 5.27. The lowest BCUT2D eigenvalue weighted by Crippen LogP contribution is -1.94. The molecule has 1 aromatic carbocycles. The molecule has 0 aliphatic heterocycles. The average Bonchev–Trinajstić information content (AvgIpc) is 2.29. The summed E-state index contributed by atoms with van der Waals surface area (Å²) in [6.07, 6.45) is 5.55. The van der Waals surface area contributed by atoms with Gasteiger partial charge >= 0.3 is 0 Å². The lowest BCUT2D eigenvalue weighted by atomic mass is 10.1. The summed E-state index contributed by atoms with van der Waals surface area (Å²) >= 11 is 0. The number of para-hydroxylation sites is 1. The van der Waals surface area contributed by atoms with Gasteiger partial charge in [0.05, 0.1) is 11.7 Å². The minimum absolute atomic E-state index is 0.158. The zero-order valence-corrected chi connectivity index (χ0v) is 8.76. The molecule has 0 N–H and O–H groups in total. The zero-order valence-electron chi connectivity index (χ0n) is 8.76. The van der Waals surface area contributed by atoms with Crippen molar-refractivity contribution >= 4 is 10.9 Å². The van der Waals surface area contributed by atoms with Crippen LogP contribution in [-0.2, 0) is 6.42 Å². The van der Waals surface area contributed by atoms with Crippen LogP contribution in [0.4, 0.5) is 4.39 Å². The van der Waals surface area contributed by atoms with Gasteiger partial charge in [-0.05, 0) is 25.0 Å². The van der Waals surface area contributed by atoms with Crippen molar-refractivity contribution in [3.8, 4) is 0 Å². The Morgan fingerprint density at radius 2 is 2.13 bits per heavy atom. The van der Waals surface area contributed by atoms with Crippen molar-refractivity contribution in [2.24, 2.45) is 0 Å². The Kier molecular flexibility index (Phi) is 2.95. The number of halogens is 1. The summed E-state index contributed by atoms with van der Waals surface area (Å²) in [5, 5.41) is 0.599. The van der Waals surface area contributed by atoms with Gasteiger partial charge in [0.2, 0.25) is 0 Å². The SMILES string of the molecule is CCCCc1[c]nc2ccccc2c1F. The summed E-state index contributed by atoms with van der Waals surface area (Å²) in [5.74, 6) is -0.158. The normalized spacial score (nSPS) is 10.8. The predicted molar refractivity (Wildman–Crippen MR) is 59.1 cm³/mol. The molecule has 1 nitrogen and oxygen atoms in total. The lowest BCUT2D eigenvalue weighted by molar-refractivity contribution is 0.612. The van der Waals surface area contributed by atoms with E-state index in [4.69, 9.17) is 0 Å². The Balaban J connectivity index is 2.45. The molecule has 0 aliphatic rings. The summed E-state index contributed by atoms with van der Waals surface area (Å²) in [6.45, 7) is 2.09. The third kappa shape index (κ3) is 1.99. The fourth-order valence-electron chi connectivity index (χ4n) is 1.62. The average molecular weight is 202 g/mol. The van der Waals surface area contributed by atoms with E-state index >= 15 is 0 Å². The van der Waals surface area contributed by atoms with E-state index in [1.165, 1.54) is 0 Å². The van der Waals surface area contributed by atoms with E-state index in [9.17, 15) is 4.39 Å². The van der Waals surface area contributed by atoms with Gasteiger partial charge in [-0.15, -0.1) is 0 Å². The van der Waals surface area contributed by atoms with Crippen LogP contribution < -0.4 is 0 Å². The second-order valence-corrected chi connectivity index (χ2v) is 3.64. The van der Waals surface area contributed by atoms with Crippen molar-refractivity contribution in [1.82, 2.24) is 4.98 Å². The van der Waals surface area contributed by atoms with Crippen LogP contribution in [0.25, 0.3) is 10.9 Å². The second kappa shape index (κ2) is 4.39. The molecule has 15 heavy (non-hydrogen) atoms. The first-order valence-corrected chi connectivity index (χ1v) is 5.27. The monoisotopic (exact) mass is 202 g/mol. The van der Waals surface area contributed by atoms with Crippen molar-refractivity contribution in [3.05, 3.63) is 41.8 Å². The van der Waals surface area contributed by atoms with Crippen LogP contribution in [0.2, 0.25) is 0 Å². The van der Waals surface area contributed by atoms with Gasteiger partial charge in [0, 0.05) is 10.9 Å². The zero-order chi connectivity index (χ0) is 10.7. The Morgan fingerprint density at radius 1 is 1.33 bits per heavy atom. The van der Waals surface area contributed by atoms with Gasteiger partial charge in [-0.25, -0.2) is 9.37 Å². The summed E-state index contributed by atoms with van der Waals surface area (Å²) in [4.78, 5) is 4.13. The molecule has 1 radical (unpaired) electrons. The molecule has 77 valence electrons. The lowest BCUT2D eigenvalue weighted by Gasteiger charge is -2.04. The Hall–Kier alpha value is -1.44. The molecule has 2 aromatic rings. The maximum atomic E-state index is 13.9. The van der Waals surface area contributed by atoms with E-state index in [-0.39, 0.29) is 5.82 Å². The molecule has 0 atom stereocenters. The number of fused-ring (bicyclic) bond motifs is 1. The van der Waals surface area contributed by atoms with Crippen molar-refractivity contribution in [2.75, 3.05) is 0 Å². The standard InChI is InChI=1S/C13H13FN/c1-2-3-6-10-9-15-12-8-5-4-7-11(12)13(10)14/h4-5,7-8H,2-3,6H2,1H3. The van der Waals surface area contributed by atoms with Gasteiger partial charge in [-0.1, -0.05) is 25.5 Å². The number of hydrogen-bond acceptors (Lipinski definition) is 1. The molecule has 0 amide bonds. The topological polar surface area (TPSA) is 12.9 Å². The molecule has 0 spiro atoms. The highest BCUT2D eigenvalue weighted by Crippen LogP contribution is 2.19. The smallest absolute Gasteiger partial charge is 0.138 e. The number of hydrogen-bond donors (Lipinski definition) is 0. The van der Waals surface area contributed by atoms with Crippen LogP contribution in [0.15, 0.2) is 24.3 Å². The van der Waals surface area contributed by atoms with Crippen molar-refractivity contribution < 1.29 is 4.39 Å². The molecule has 2 heteroatoms. The molecule has 0 aliphatic carbocycles. The molecule has 1 heterocycles. The van der Waals surface area contributed by atoms with E-state index in [0.717, 1.165) is 19.3 Å². The van der Waals surface area contributed by atoms with Gasteiger partial charge < -0.3 is 0 Å². The summed E-state index contributed by atoms with van der Waals surface area (Å²) in [7, 11) is 0. The number of aromatic nitrogens is 1. The minimum Gasteiger partial charge on any atom is -0.246 e. The quantitative estimate of drug-likeness (QED) is 0.742. The van der Waals surface area contributed by atoms with E-state index in [2.05, 4.69) is 18.1 Å². The highest BCUT2D eigenvalue weighted by molar-refractivity contribution is 5.79. The number of rotatable bonds is 3. The molecule has 0 bridgehead atoms. The number of aryl methyl sites for hydroxylation is 1. The number of pyridine rings is 1. The molecule has 0 saturated heterocycles. The number of benzene rings is 1. The van der Waals surface area contributed by atoms with Crippen LogP contribution in [0, 0.1) is 12.0 Å². The second-order valence-electron chi connectivity index (χ2n) is 3.64. The summed E-state index contributed by atoms with van der Waals surface area (Å²) < 4.78 is 13.9. The van der Waals surface area contributed by atoms with Crippen LogP contribution in [-0.4, -0.2) is 4.98 Å². The first-order chi connectivity index (χ1) is 7.33. The van der Waals surface area contributed by atoms with Crippen LogP contribution in [0.3, 0.4) is 0 Å².